The van der Waals surface area contributed by atoms with Crippen molar-refractivity contribution >= 4 is 21.8 Å². The molecule has 168 valence electrons. The van der Waals surface area contributed by atoms with Gasteiger partial charge in [-0.1, -0.05) is 26.0 Å². The molecular weight excluding hydrogens is 408 g/mol. The van der Waals surface area contributed by atoms with Crippen LogP contribution in [-0.4, -0.2) is 80.5 Å². The average molecular weight is 441 g/mol. The van der Waals surface area contributed by atoms with E-state index in [0.717, 1.165) is 18.4 Å². The number of amides is 2. The molecular formula is C21H32N2O6S. The molecule has 2 amide bonds. The van der Waals surface area contributed by atoms with Gasteiger partial charge < -0.3 is 19.6 Å². The summed E-state index contributed by atoms with van der Waals surface area (Å²) in [6.45, 7) is 3.89. The van der Waals surface area contributed by atoms with E-state index < -0.39 is 28.5 Å². The summed E-state index contributed by atoms with van der Waals surface area (Å²) >= 11 is 0. The molecule has 9 heteroatoms. The summed E-state index contributed by atoms with van der Waals surface area (Å²) in [6, 6.07) is 5.67. The summed E-state index contributed by atoms with van der Waals surface area (Å²) in [5, 5.41) is 8.99. The molecule has 1 N–H and O–H groups in total. The lowest BCUT2D eigenvalue weighted by Gasteiger charge is -2.34. The Morgan fingerprint density at radius 3 is 2.63 bits per heavy atom. The Morgan fingerprint density at radius 2 is 2.03 bits per heavy atom. The molecule has 0 radical (unpaired) electrons. The second kappa shape index (κ2) is 10.3. The Kier molecular flexibility index (Phi) is 8.25. The number of ether oxygens (including phenoxy) is 1. The quantitative estimate of drug-likeness (QED) is 0.617. The average Bonchev–Trinajstić information content (AvgIpc) is 3.15. The van der Waals surface area contributed by atoms with Crippen LogP contribution in [0.2, 0.25) is 0 Å². The monoisotopic (exact) mass is 440 g/mol. The first kappa shape index (κ1) is 24.1. The molecule has 0 saturated carbocycles. The maximum atomic E-state index is 13.1. The first-order chi connectivity index (χ1) is 14.1. The SMILES string of the molecule is COC(=O)[C@H](C(C)C)N(C)C(=O)N1CCCC1Cc1cccc(S(=O)(=O)CCO)c1. The molecule has 0 aromatic heterocycles. The number of rotatable bonds is 8. The second-order valence-electron chi connectivity index (χ2n) is 7.99. The fraction of sp³-hybridized carbons (Fsp3) is 0.619. The highest BCUT2D eigenvalue weighted by molar-refractivity contribution is 7.91. The summed E-state index contributed by atoms with van der Waals surface area (Å²) in [7, 11) is -0.609. The molecule has 0 bridgehead atoms. The van der Waals surface area contributed by atoms with Gasteiger partial charge in [0.2, 0.25) is 0 Å². The van der Waals surface area contributed by atoms with Crippen molar-refractivity contribution in [3.63, 3.8) is 0 Å². The number of nitrogens with zero attached hydrogens (tertiary/aromatic N) is 2. The van der Waals surface area contributed by atoms with Crippen molar-refractivity contribution in [2.75, 3.05) is 33.1 Å². The fourth-order valence-electron chi connectivity index (χ4n) is 4.00. The highest BCUT2D eigenvalue weighted by Gasteiger charge is 2.37. The first-order valence-corrected chi connectivity index (χ1v) is 11.8. The van der Waals surface area contributed by atoms with E-state index in [1.165, 1.54) is 18.1 Å². The molecule has 30 heavy (non-hydrogen) atoms. The number of likely N-dealkylation sites (tertiary alicyclic amines) is 1. The third kappa shape index (κ3) is 5.51. The lowest BCUT2D eigenvalue weighted by molar-refractivity contribution is -0.147. The Hall–Kier alpha value is -2.13. The molecule has 1 aromatic carbocycles. The topological polar surface area (TPSA) is 104 Å². The van der Waals surface area contributed by atoms with Crippen LogP contribution in [0.3, 0.4) is 0 Å². The van der Waals surface area contributed by atoms with Crippen molar-refractivity contribution in [1.82, 2.24) is 9.80 Å². The molecule has 1 unspecified atom stereocenters. The molecule has 1 fully saturated rings. The van der Waals surface area contributed by atoms with Gasteiger partial charge in [-0.15, -0.1) is 0 Å². The summed E-state index contributed by atoms with van der Waals surface area (Å²) in [5.74, 6) is -0.862. The highest BCUT2D eigenvalue weighted by atomic mass is 32.2. The lowest BCUT2D eigenvalue weighted by atomic mass is 10.0. The number of sulfone groups is 1. The standard InChI is InChI=1S/C21H32N2O6S/c1-15(2)19(20(25)29-4)22(3)21(26)23-10-6-8-17(23)13-16-7-5-9-18(14-16)30(27,28)12-11-24/h5,7,9,14-15,17,19,24H,6,8,10-13H2,1-4H3/t17?,19-/m0/s1. The molecule has 2 rings (SSSR count). The largest absolute Gasteiger partial charge is 0.467 e. The van der Waals surface area contributed by atoms with Crippen molar-refractivity contribution in [1.29, 1.82) is 0 Å². The van der Waals surface area contributed by atoms with Gasteiger partial charge in [0.25, 0.3) is 0 Å². The molecule has 2 atom stereocenters. The summed E-state index contributed by atoms with van der Waals surface area (Å²) in [6.07, 6.45) is 2.17. The van der Waals surface area contributed by atoms with Gasteiger partial charge in [0, 0.05) is 19.6 Å². The minimum atomic E-state index is -3.53. The summed E-state index contributed by atoms with van der Waals surface area (Å²) in [5.41, 5.74) is 0.815. The number of hydrogen-bond donors (Lipinski definition) is 1. The van der Waals surface area contributed by atoms with Crippen LogP contribution in [-0.2, 0) is 25.8 Å². The van der Waals surface area contributed by atoms with E-state index >= 15 is 0 Å². The molecule has 0 aliphatic carbocycles. The zero-order valence-electron chi connectivity index (χ0n) is 18.1. The van der Waals surface area contributed by atoms with Gasteiger partial charge >= 0.3 is 12.0 Å². The van der Waals surface area contributed by atoms with Crippen molar-refractivity contribution in [3.8, 4) is 0 Å². The molecule has 1 aliphatic rings. The number of carbonyl (C=O) groups is 2. The van der Waals surface area contributed by atoms with E-state index in [0.29, 0.717) is 13.0 Å². The van der Waals surface area contributed by atoms with Gasteiger partial charge in [-0.05, 0) is 42.9 Å². The van der Waals surface area contributed by atoms with E-state index in [4.69, 9.17) is 9.84 Å². The molecule has 8 nitrogen and oxygen atoms in total. The number of urea groups is 1. The predicted molar refractivity (Wildman–Crippen MR) is 113 cm³/mol. The minimum absolute atomic E-state index is 0.0822. The zero-order valence-corrected chi connectivity index (χ0v) is 18.9. The van der Waals surface area contributed by atoms with Crippen LogP contribution in [0.15, 0.2) is 29.2 Å². The van der Waals surface area contributed by atoms with Crippen LogP contribution >= 0.6 is 0 Å². The van der Waals surface area contributed by atoms with Crippen molar-refractivity contribution in [2.24, 2.45) is 5.92 Å². The van der Waals surface area contributed by atoms with Gasteiger partial charge in [0.15, 0.2) is 9.84 Å². The maximum absolute atomic E-state index is 13.1. The van der Waals surface area contributed by atoms with Crippen molar-refractivity contribution in [3.05, 3.63) is 29.8 Å². The fourth-order valence-corrected chi connectivity index (χ4v) is 5.09. The Morgan fingerprint density at radius 1 is 1.33 bits per heavy atom. The number of likely N-dealkylation sites (N-methyl/N-ethyl adjacent to an activating group) is 1. The van der Waals surface area contributed by atoms with E-state index in [1.807, 2.05) is 19.9 Å². The molecule has 1 saturated heterocycles. The van der Waals surface area contributed by atoms with E-state index in [9.17, 15) is 18.0 Å². The third-order valence-electron chi connectivity index (χ3n) is 5.50. The number of hydrogen-bond acceptors (Lipinski definition) is 6. The Bertz CT molecular complexity index is 855. The zero-order chi connectivity index (χ0) is 22.5. The Balaban J connectivity index is 2.18. The first-order valence-electron chi connectivity index (χ1n) is 10.2. The van der Waals surface area contributed by atoms with Crippen LogP contribution < -0.4 is 0 Å². The van der Waals surface area contributed by atoms with Gasteiger partial charge in [0.1, 0.15) is 6.04 Å². The number of methoxy groups -OCH3 is 1. The molecule has 1 aliphatic heterocycles. The number of benzene rings is 1. The van der Waals surface area contributed by atoms with Gasteiger partial charge in [-0.3, -0.25) is 0 Å². The van der Waals surface area contributed by atoms with Crippen LogP contribution in [0.1, 0.15) is 32.3 Å². The number of aliphatic hydroxyl groups excluding tert-OH is 1. The summed E-state index contributed by atoms with van der Waals surface area (Å²) in [4.78, 5) is 28.7. The van der Waals surface area contributed by atoms with Gasteiger partial charge in [-0.25, -0.2) is 18.0 Å². The second-order valence-corrected chi connectivity index (χ2v) is 10.1. The van der Waals surface area contributed by atoms with E-state index in [1.54, 1.807) is 24.1 Å². The number of esters is 1. The smallest absolute Gasteiger partial charge is 0.328 e. The normalized spacial score (nSPS) is 17.8. The van der Waals surface area contributed by atoms with Crippen LogP contribution in [0.4, 0.5) is 4.79 Å². The summed E-state index contributed by atoms with van der Waals surface area (Å²) < 4.78 is 29.3. The van der Waals surface area contributed by atoms with Gasteiger partial charge in [-0.2, -0.15) is 0 Å². The maximum Gasteiger partial charge on any atom is 0.328 e. The molecule has 0 spiro atoms. The van der Waals surface area contributed by atoms with Crippen LogP contribution in [0.25, 0.3) is 0 Å². The number of aliphatic hydroxyl groups is 1. The lowest BCUT2D eigenvalue weighted by Crippen LogP contribution is -2.52. The van der Waals surface area contributed by atoms with Crippen molar-refractivity contribution < 1.29 is 27.9 Å². The minimum Gasteiger partial charge on any atom is -0.467 e. The molecule has 1 heterocycles. The van der Waals surface area contributed by atoms with Crippen LogP contribution in [0, 0.1) is 5.92 Å². The van der Waals surface area contributed by atoms with Crippen LogP contribution in [0.5, 0.6) is 0 Å². The van der Waals surface area contributed by atoms with Gasteiger partial charge in [0.05, 0.1) is 24.4 Å². The Labute approximate surface area is 178 Å². The third-order valence-corrected chi connectivity index (χ3v) is 7.20. The highest BCUT2D eigenvalue weighted by Crippen LogP contribution is 2.25. The molecule has 1 aromatic rings. The van der Waals surface area contributed by atoms with E-state index in [2.05, 4.69) is 0 Å². The van der Waals surface area contributed by atoms with Crippen molar-refractivity contribution in [2.45, 2.75) is 50.1 Å². The predicted octanol–water partition coefficient (Wildman–Crippen LogP) is 1.71. The van der Waals surface area contributed by atoms with E-state index in [-0.39, 0.29) is 28.6 Å². The number of carbonyl (C=O) groups excluding carboxylic acids is 2.